The van der Waals surface area contributed by atoms with Crippen molar-refractivity contribution >= 4 is 11.6 Å². The Balaban J connectivity index is 2.08. The van der Waals surface area contributed by atoms with E-state index >= 15 is 0 Å². The maximum Gasteiger partial charge on any atom is 0.123 e. The van der Waals surface area contributed by atoms with Crippen LogP contribution < -0.4 is 0 Å². The molecule has 0 aliphatic heterocycles. The smallest absolute Gasteiger partial charge is 0.123 e. The van der Waals surface area contributed by atoms with E-state index in [0.717, 1.165) is 29.5 Å². The summed E-state index contributed by atoms with van der Waals surface area (Å²) in [6.07, 6.45) is 1.49. The Morgan fingerprint density at radius 1 is 0.950 bits per heavy atom. The first kappa shape index (κ1) is 15.0. The second-order valence-corrected chi connectivity index (χ2v) is 5.43. The molecule has 0 aliphatic rings. The normalized spacial score (nSPS) is 12.4. The molecule has 106 valence electrons. The number of benzene rings is 2. The Bertz CT molecular complexity index is 564. The number of rotatable bonds is 5. The fourth-order valence-electron chi connectivity index (χ4n) is 2.31. The third-order valence-electron chi connectivity index (χ3n) is 3.48. The largest absolute Gasteiger partial charge is 0.207 e. The molecule has 0 saturated carbocycles. The minimum Gasteiger partial charge on any atom is -0.207 e. The second kappa shape index (κ2) is 6.85. The van der Waals surface area contributed by atoms with E-state index in [4.69, 9.17) is 11.6 Å². The Labute approximate surface area is 123 Å². The Morgan fingerprint density at radius 2 is 1.60 bits per heavy atom. The minimum absolute atomic E-state index is 0.211. The van der Waals surface area contributed by atoms with Gasteiger partial charge in [0, 0.05) is 5.88 Å². The molecule has 0 nitrogen and oxygen atoms in total. The van der Waals surface area contributed by atoms with E-state index in [1.807, 2.05) is 6.92 Å². The lowest BCUT2D eigenvalue weighted by Gasteiger charge is -2.16. The third-order valence-corrected chi connectivity index (χ3v) is 3.91. The summed E-state index contributed by atoms with van der Waals surface area (Å²) in [5, 5.41) is 0. The molecule has 0 fully saturated rings. The maximum absolute atomic E-state index is 13.3. The Hall–Kier alpha value is -1.41. The second-order valence-electron chi connectivity index (χ2n) is 5.13. The minimum atomic E-state index is -0.239. The van der Waals surface area contributed by atoms with Crippen LogP contribution in [0.4, 0.5) is 8.78 Å². The molecule has 0 bridgehead atoms. The molecule has 20 heavy (non-hydrogen) atoms. The van der Waals surface area contributed by atoms with E-state index in [-0.39, 0.29) is 17.6 Å². The van der Waals surface area contributed by atoms with Gasteiger partial charge in [0.2, 0.25) is 0 Å². The van der Waals surface area contributed by atoms with Crippen molar-refractivity contribution in [1.82, 2.24) is 0 Å². The zero-order chi connectivity index (χ0) is 14.5. The quantitative estimate of drug-likeness (QED) is 0.687. The fourth-order valence-corrected chi connectivity index (χ4v) is 2.52. The molecular formula is C17H17ClF2. The van der Waals surface area contributed by atoms with Gasteiger partial charge in [-0.2, -0.15) is 0 Å². The van der Waals surface area contributed by atoms with Gasteiger partial charge in [-0.1, -0.05) is 18.2 Å². The fraction of sp³-hybridized carbons (Fsp3) is 0.294. The zero-order valence-corrected chi connectivity index (χ0v) is 12.1. The van der Waals surface area contributed by atoms with Crippen LogP contribution in [-0.2, 0) is 12.8 Å². The Kier molecular flexibility index (Phi) is 5.13. The molecule has 3 heteroatoms. The van der Waals surface area contributed by atoms with Gasteiger partial charge in [0.25, 0.3) is 0 Å². The van der Waals surface area contributed by atoms with Gasteiger partial charge < -0.3 is 0 Å². The van der Waals surface area contributed by atoms with Crippen molar-refractivity contribution in [1.29, 1.82) is 0 Å². The number of hydrogen-bond donors (Lipinski definition) is 0. The van der Waals surface area contributed by atoms with Gasteiger partial charge in [0.1, 0.15) is 11.6 Å². The molecule has 0 N–H and O–H groups in total. The highest BCUT2D eigenvalue weighted by molar-refractivity contribution is 6.18. The molecule has 0 spiro atoms. The van der Waals surface area contributed by atoms with Crippen molar-refractivity contribution in [2.75, 3.05) is 5.88 Å². The molecule has 0 aromatic heterocycles. The lowest BCUT2D eigenvalue weighted by atomic mass is 9.92. The first-order chi connectivity index (χ1) is 9.58. The van der Waals surface area contributed by atoms with Crippen molar-refractivity contribution < 1.29 is 8.78 Å². The van der Waals surface area contributed by atoms with Gasteiger partial charge in [0.15, 0.2) is 0 Å². The monoisotopic (exact) mass is 294 g/mol. The predicted octanol–water partition coefficient (Wildman–Crippen LogP) is 4.91. The molecule has 2 aromatic rings. The van der Waals surface area contributed by atoms with Crippen LogP contribution in [0.25, 0.3) is 0 Å². The topological polar surface area (TPSA) is 0 Å². The molecular weight excluding hydrogens is 278 g/mol. The summed E-state index contributed by atoms with van der Waals surface area (Å²) in [7, 11) is 0. The van der Waals surface area contributed by atoms with Gasteiger partial charge >= 0.3 is 0 Å². The number of halogens is 3. The van der Waals surface area contributed by atoms with Gasteiger partial charge in [-0.25, -0.2) is 8.78 Å². The average molecular weight is 295 g/mol. The van der Waals surface area contributed by atoms with E-state index in [2.05, 4.69) is 0 Å². The first-order valence-electron chi connectivity index (χ1n) is 6.64. The summed E-state index contributed by atoms with van der Waals surface area (Å²) in [4.78, 5) is 0. The van der Waals surface area contributed by atoms with Gasteiger partial charge in [-0.3, -0.25) is 0 Å². The highest BCUT2D eigenvalue weighted by Gasteiger charge is 2.12. The lowest BCUT2D eigenvalue weighted by molar-refractivity contribution is 0.572. The van der Waals surface area contributed by atoms with Crippen LogP contribution in [0, 0.1) is 24.5 Å². The molecule has 0 heterocycles. The van der Waals surface area contributed by atoms with E-state index in [9.17, 15) is 8.78 Å². The van der Waals surface area contributed by atoms with Crippen molar-refractivity contribution in [3.05, 3.63) is 70.8 Å². The summed E-state index contributed by atoms with van der Waals surface area (Å²) in [6.45, 7) is 1.97. The van der Waals surface area contributed by atoms with Gasteiger partial charge in [-0.15, -0.1) is 11.6 Å². The molecule has 1 unspecified atom stereocenters. The summed E-state index contributed by atoms with van der Waals surface area (Å²) in [6, 6.07) is 11.3. The third kappa shape index (κ3) is 4.04. The van der Waals surface area contributed by atoms with Gasteiger partial charge in [0.05, 0.1) is 0 Å². The van der Waals surface area contributed by atoms with Crippen molar-refractivity contribution in [3.63, 3.8) is 0 Å². The zero-order valence-electron chi connectivity index (χ0n) is 11.4. The highest BCUT2D eigenvalue weighted by Crippen LogP contribution is 2.20. The number of alkyl halides is 1. The van der Waals surface area contributed by atoms with Crippen LogP contribution in [0.2, 0.25) is 0 Å². The van der Waals surface area contributed by atoms with E-state index in [0.29, 0.717) is 5.88 Å². The molecule has 2 rings (SSSR count). The standard InChI is InChI=1S/C17H17ClF2/c1-12-2-5-17(20)10-15(12)9-14(11-18)8-13-3-6-16(19)7-4-13/h2-7,10,14H,8-9,11H2,1H3. The van der Waals surface area contributed by atoms with Crippen LogP contribution in [-0.4, -0.2) is 5.88 Å². The van der Waals surface area contributed by atoms with Gasteiger partial charge in [-0.05, 0) is 66.6 Å². The molecule has 0 aliphatic carbocycles. The molecule has 0 amide bonds. The molecule has 0 radical (unpaired) electrons. The van der Waals surface area contributed by atoms with Crippen molar-refractivity contribution in [3.8, 4) is 0 Å². The first-order valence-corrected chi connectivity index (χ1v) is 7.17. The van der Waals surface area contributed by atoms with E-state index < -0.39 is 0 Å². The van der Waals surface area contributed by atoms with Crippen LogP contribution in [0.1, 0.15) is 16.7 Å². The molecule has 1 atom stereocenters. The summed E-state index contributed by atoms with van der Waals surface area (Å²) in [5.41, 5.74) is 3.10. The predicted molar refractivity (Wildman–Crippen MR) is 79.2 cm³/mol. The summed E-state index contributed by atoms with van der Waals surface area (Å²) < 4.78 is 26.2. The summed E-state index contributed by atoms with van der Waals surface area (Å²) >= 11 is 6.02. The lowest BCUT2D eigenvalue weighted by Crippen LogP contribution is -2.11. The van der Waals surface area contributed by atoms with E-state index in [1.165, 1.54) is 18.2 Å². The van der Waals surface area contributed by atoms with Crippen molar-refractivity contribution in [2.24, 2.45) is 5.92 Å². The maximum atomic E-state index is 13.3. The van der Waals surface area contributed by atoms with Crippen LogP contribution in [0.15, 0.2) is 42.5 Å². The van der Waals surface area contributed by atoms with Crippen molar-refractivity contribution in [2.45, 2.75) is 19.8 Å². The number of hydrogen-bond acceptors (Lipinski definition) is 0. The Morgan fingerprint density at radius 3 is 2.25 bits per heavy atom. The SMILES string of the molecule is Cc1ccc(F)cc1CC(CCl)Cc1ccc(F)cc1. The molecule has 0 saturated heterocycles. The van der Waals surface area contributed by atoms with E-state index in [1.54, 1.807) is 24.3 Å². The summed E-state index contributed by atoms with van der Waals surface area (Å²) in [5.74, 6) is 0.244. The average Bonchev–Trinajstić information content (AvgIpc) is 2.44. The highest BCUT2D eigenvalue weighted by atomic mass is 35.5. The molecule has 2 aromatic carbocycles. The van der Waals surface area contributed by atoms with Crippen LogP contribution in [0.5, 0.6) is 0 Å². The van der Waals surface area contributed by atoms with Crippen LogP contribution >= 0.6 is 11.6 Å². The van der Waals surface area contributed by atoms with Crippen LogP contribution in [0.3, 0.4) is 0 Å². The number of aryl methyl sites for hydroxylation is 1.